The molecule has 1 aromatic heterocycles. The predicted molar refractivity (Wildman–Crippen MR) is 63.5 cm³/mol. The lowest BCUT2D eigenvalue weighted by molar-refractivity contribution is 0.0384. The van der Waals surface area contributed by atoms with Crippen LogP contribution in [0.2, 0.25) is 0 Å². The Bertz CT molecular complexity index is 334. The number of rotatable bonds is 6. The fourth-order valence-electron chi connectivity index (χ4n) is 1.83. The second-order valence-electron chi connectivity index (χ2n) is 4.12. The topological polar surface area (TPSA) is 47.3 Å². The fourth-order valence-corrected chi connectivity index (χ4v) is 1.83. The number of hydrogen-bond donors (Lipinski definition) is 1. The van der Waals surface area contributed by atoms with E-state index in [0.29, 0.717) is 13.2 Å². The van der Waals surface area contributed by atoms with Crippen LogP contribution in [0.1, 0.15) is 30.3 Å². The van der Waals surface area contributed by atoms with Crippen LogP contribution in [0, 0.1) is 13.8 Å². The highest BCUT2D eigenvalue weighted by atomic mass is 16.5. The van der Waals surface area contributed by atoms with Crippen LogP contribution in [0.5, 0.6) is 0 Å². The molecule has 0 spiro atoms. The molecule has 0 fully saturated rings. The van der Waals surface area contributed by atoms with Crippen molar-refractivity contribution in [3.8, 4) is 0 Å². The number of nitrogens with zero attached hydrogens (tertiary/aromatic N) is 2. The normalized spacial score (nSPS) is 13.1. The Morgan fingerprint density at radius 2 is 2.12 bits per heavy atom. The molecule has 0 saturated heterocycles. The summed E-state index contributed by atoms with van der Waals surface area (Å²) in [5, 5.41) is 14.0. The van der Waals surface area contributed by atoms with Gasteiger partial charge in [0.25, 0.3) is 0 Å². The van der Waals surface area contributed by atoms with Gasteiger partial charge in [0, 0.05) is 19.3 Å². The van der Waals surface area contributed by atoms with E-state index in [0.717, 1.165) is 18.5 Å². The van der Waals surface area contributed by atoms with Crippen molar-refractivity contribution >= 4 is 0 Å². The second kappa shape index (κ2) is 6.01. The minimum atomic E-state index is -0.376. The van der Waals surface area contributed by atoms with Crippen molar-refractivity contribution in [1.82, 2.24) is 9.78 Å². The van der Waals surface area contributed by atoms with Crippen molar-refractivity contribution in [2.24, 2.45) is 7.05 Å². The van der Waals surface area contributed by atoms with Gasteiger partial charge >= 0.3 is 0 Å². The smallest absolute Gasteiger partial charge is 0.0776 e. The zero-order valence-electron chi connectivity index (χ0n) is 10.7. The van der Waals surface area contributed by atoms with E-state index in [1.807, 2.05) is 25.6 Å². The van der Waals surface area contributed by atoms with Crippen molar-refractivity contribution in [3.63, 3.8) is 0 Å². The number of aryl methyl sites for hydroxylation is 2. The molecule has 0 bridgehead atoms. The number of ether oxygens (including phenoxy) is 1. The maximum atomic E-state index is 9.68. The summed E-state index contributed by atoms with van der Waals surface area (Å²) in [5.41, 5.74) is 3.49. The standard InChI is InChI=1S/C12H22N2O2/c1-5-16-8-11(15)6-7-12-9(2)13-14(4)10(12)3/h11,15H,5-8H2,1-4H3. The van der Waals surface area contributed by atoms with Gasteiger partial charge in [0.15, 0.2) is 0 Å². The van der Waals surface area contributed by atoms with Crippen LogP contribution in [0.4, 0.5) is 0 Å². The van der Waals surface area contributed by atoms with Crippen LogP contribution in [0.3, 0.4) is 0 Å². The molecule has 0 aliphatic heterocycles. The third-order valence-electron chi connectivity index (χ3n) is 2.90. The number of aromatic nitrogens is 2. The first-order valence-corrected chi connectivity index (χ1v) is 5.81. The summed E-state index contributed by atoms with van der Waals surface area (Å²) in [6, 6.07) is 0. The van der Waals surface area contributed by atoms with E-state index >= 15 is 0 Å². The summed E-state index contributed by atoms with van der Waals surface area (Å²) >= 11 is 0. The summed E-state index contributed by atoms with van der Waals surface area (Å²) < 4.78 is 7.07. The molecule has 0 aliphatic rings. The van der Waals surface area contributed by atoms with E-state index in [1.54, 1.807) is 0 Å². The third-order valence-corrected chi connectivity index (χ3v) is 2.90. The lowest BCUT2D eigenvalue weighted by Gasteiger charge is -2.10. The van der Waals surface area contributed by atoms with E-state index in [-0.39, 0.29) is 6.10 Å². The largest absolute Gasteiger partial charge is 0.391 e. The number of aliphatic hydroxyl groups is 1. The van der Waals surface area contributed by atoms with Gasteiger partial charge in [0.2, 0.25) is 0 Å². The van der Waals surface area contributed by atoms with Gasteiger partial charge in [-0.3, -0.25) is 4.68 Å². The van der Waals surface area contributed by atoms with E-state index < -0.39 is 0 Å². The Labute approximate surface area is 97.2 Å². The summed E-state index contributed by atoms with van der Waals surface area (Å²) in [5.74, 6) is 0. The van der Waals surface area contributed by atoms with Gasteiger partial charge in [-0.05, 0) is 39.2 Å². The maximum absolute atomic E-state index is 9.68. The van der Waals surface area contributed by atoms with E-state index in [4.69, 9.17) is 4.74 Å². The Kier molecular flexibility index (Phi) is 4.96. The van der Waals surface area contributed by atoms with Gasteiger partial charge in [-0.1, -0.05) is 0 Å². The van der Waals surface area contributed by atoms with E-state index in [2.05, 4.69) is 12.0 Å². The molecule has 0 saturated carbocycles. The zero-order valence-corrected chi connectivity index (χ0v) is 10.7. The number of aliphatic hydroxyl groups excluding tert-OH is 1. The number of hydrogen-bond acceptors (Lipinski definition) is 3. The average molecular weight is 226 g/mol. The quantitative estimate of drug-likeness (QED) is 0.797. The third kappa shape index (κ3) is 3.32. The van der Waals surface area contributed by atoms with E-state index in [9.17, 15) is 5.11 Å². The van der Waals surface area contributed by atoms with Crippen LogP contribution in [0.15, 0.2) is 0 Å². The van der Waals surface area contributed by atoms with Gasteiger partial charge in [0.05, 0.1) is 18.4 Å². The summed E-state index contributed by atoms with van der Waals surface area (Å²) in [6.07, 6.45) is 1.21. The SMILES string of the molecule is CCOCC(O)CCc1c(C)nn(C)c1C. The lowest BCUT2D eigenvalue weighted by Crippen LogP contribution is -2.16. The van der Waals surface area contributed by atoms with Gasteiger partial charge in [-0.2, -0.15) is 5.10 Å². The first-order chi connectivity index (χ1) is 7.56. The maximum Gasteiger partial charge on any atom is 0.0776 e. The highest BCUT2D eigenvalue weighted by Gasteiger charge is 2.11. The second-order valence-corrected chi connectivity index (χ2v) is 4.12. The summed E-state index contributed by atoms with van der Waals surface area (Å²) in [6.45, 7) is 7.08. The molecule has 0 aromatic carbocycles. The Morgan fingerprint density at radius 1 is 1.44 bits per heavy atom. The van der Waals surface area contributed by atoms with Crippen LogP contribution >= 0.6 is 0 Å². The molecule has 1 N–H and O–H groups in total. The molecule has 0 aliphatic carbocycles. The Hall–Kier alpha value is -0.870. The molecule has 1 heterocycles. The van der Waals surface area contributed by atoms with Crippen molar-refractivity contribution in [2.45, 2.75) is 39.7 Å². The Morgan fingerprint density at radius 3 is 2.62 bits per heavy atom. The van der Waals surface area contributed by atoms with Gasteiger partial charge in [-0.25, -0.2) is 0 Å². The monoisotopic (exact) mass is 226 g/mol. The predicted octanol–water partition coefficient (Wildman–Crippen LogP) is 1.37. The molecule has 4 nitrogen and oxygen atoms in total. The summed E-state index contributed by atoms with van der Waals surface area (Å²) in [4.78, 5) is 0. The van der Waals surface area contributed by atoms with Crippen LogP contribution in [-0.2, 0) is 18.2 Å². The zero-order chi connectivity index (χ0) is 12.1. The average Bonchev–Trinajstić information content (AvgIpc) is 2.48. The molecule has 92 valence electrons. The molecule has 0 radical (unpaired) electrons. The van der Waals surface area contributed by atoms with Crippen LogP contribution in [-0.4, -0.2) is 34.2 Å². The molecular weight excluding hydrogens is 204 g/mol. The van der Waals surface area contributed by atoms with Crippen molar-refractivity contribution in [3.05, 3.63) is 17.0 Å². The minimum Gasteiger partial charge on any atom is -0.391 e. The highest BCUT2D eigenvalue weighted by Crippen LogP contribution is 2.15. The molecule has 4 heteroatoms. The van der Waals surface area contributed by atoms with Crippen molar-refractivity contribution < 1.29 is 9.84 Å². The molecule has 1 atom stereocenters. The molecule has 1 aromatic rings. The Balaban J connectivity index is 2.48. The van der Waals surface area contributed by atoms with Crippen molar-refractivity contribution in [1.29, 1.82) is 0 Å². The minimum absolute atomic E-state index is 0.376. The van der Waals surface area contributed by atoms with Gasteiger partial charge < -0.3 is 9.84 Å². The van der Waals surface area contributed by atoms with E-state index in [1.165, 1.54) is 11.3 Å². The van der Waals surface area contributed by atoms with Gasteiger partial charge in [0.1, 0.15) is 0 Å². The first-order valence-electron chi connectivity index (χ1n) is 5.81. The fraction of sp³-hybridized carbons (Fsp3) is 0.750. The molecular formula is C12H22N2O2. The first kappa shape index (κ1) is 13.2. The van der Waals surface area contributed by atoms with Gasteiger partial charge in [-0.15, -0.1) is 0 Å². The van der Waals surface area contributed by atoms with Crippen molar-refractivity contribution in [2.75, 3.05) is 13.2 Å². The highest BCUT2D eigenvalue weighted by molar-refractivity contribution is 5.24. The summed E-state index contributed by atoms with van der Waals surface area (Å²) in [7, 11) is 1.95. The molecule has 1 rings (SSSR count). The molecule has 16 heavy (non-hydrogen) atoms. The van der Waals surface area contributed by atoms with Crippen LogP contribution < -0.4 is 0 Å². The lowest BCUT2D eigenvalue weighted by atomic mass is 10.1. The molecule has 1 unspecified atom stereocenters. The van der Waals surface area contributed by atoms with Crippen LogP contribution in [0.25, 0.3) is 0 Å². The molecule has 0 amide bonds.